The molecule has 0 saturated heterocycles. The molecule has 0 unspecified atom stereocenters. The molecule has 0 radical (unpaired) electrons. The van der Waals surface area contributed by atoms with Crippen molar-refractivity contribution in [3.05, 3.63) is 74.1 Å². The Kier molecular flexibility index (Phi) is 3.57. The van der Waals surface area contributed by atoms with Crippen molar-refractivity contribution in [2.75, 3.05) is 0 Å². The van der Waals surface area contributed by atoms with Crippen molar-refractivity contribution in [3.8, 4) is 11.6 Å². The van der Waals surface area contributed by atoms with Crippen LogP contribution in [0.15, 0.2) is 62.3 Å². The number of benzene rings is 1. The number of para-hydroxylation sites is 1. The van der Waals surface area contributed by atoms with Crippen LogP contribution in [0, 0.1) is 0 Å². The Balaban J connectivity index is 2.25. The highest BCUT2D eigenvalue weighted by Gasteiger charge is 2.16. The number of nitrogens with one attached hydrogen (secondary N) is 1. The van der Waals surface area contributed by atoms with E-state index in [1.54, 1.807) is 30.3 Å². The van der Waals surface area contributed by atoms with Crippen molar-refractivity contribution in [1.82, 2.24) is 9.55 Å². The third-order valence-corrected chi connectivity index (χ3v) is 3.56. The van der Waals surface area contributed by atoms with Crippen LogP contribution in [-0.2, 0) is 0 Å². The number of nitrogens with zero attached hydrogens (tertiary/aromatic N) is 2. The molecule has 1 aromatic heterocycles. The number of aromatic nitrogens is 2. The summed E-state index contributed by atoms with van der Waals surface area (Å²) in [6.07, 6.45) is 3.34. The van der Waals surface area contributed by atoms with Crippen LogP contribution in [0.5, 0.6) is 5.88 Å². The van der Waals surface area contributed by atoms with Gasteiger partial charge < -0.3 is 5.11 Å². The monoisotopic (exact) mass is 309 g/mol. The van der Waals surface area contributed by atoms with Gasteiger partial charge >= 0.3 is 5.69 Å². The summed E-state index contributed by atoms with van der Waals surface area (Å²) in [5.74, 6) is -0.400. The van der Waals surface area contributed by atoms with Crippen LogP contribution >= 0.6 is 0 Å². The molecule has 1 aliphatic rings. The Labute approximate surface area is 131 Å². The third kappa shape index (κ3) is 2.66. The minimum absolute atomic E-state index is 0.0175. The zero-order chi connectivity index (χ0) is 16.6. The van der Waals surface area contributed by atoms with Gasteiger partial charge in [-0.25, -0.2) is 9.36 Å². The molecule has 0 aliphatic carbocycles. The van der Waals surface area contributed by atoms with Crippen LogP contribution in [0.25, 0.3) is 11.8 Å². The maximum Gasteiger partial charge on any atom is 0.335 e. The molecule has 0 amide bonds. The van der Waals surface area contributed by atoms with Gasteiger partial charge in [-0.1, -0.05) is 18.2 Å². The Morgan fingerprint density at radius 2 is 1.87 bits per heavy atom. The molecule has 23 heavy (non-hydrogen) atoms. The highest BCUT2D eigenvalue weighted by Crippen LogP contribution is 2.22. The highest BCUT2D eigenvalue weighted by atomic mass is 16.3. The van der Waals surface area contributed by atoms with E-state index in [-0.39, 0.29) is 5.56 Å². The molecule has 1 aromatic carbocycles. The number of aromatic hydroxyl groups is 1. The van der Waals surface area contributed by atoms with Crippen molar-refractivity contribution in [2.45, 2.75) is 13.8 Å². The summed E-state index contributed by atoms with van der Waals surface area (Å²) in [5.41, 5.74) is 1.45. The molecule has 0 atom stereocenters. The summed E-state index contributed by atoms with van der Waals surface area (Å²) < 4.78 is 1.06. The maximum absolute atomic E-state index is 12.1. The Morgan fingerprint density at radius 3 is 2.48 bits per heavy atom. The van der Waals surface area contributed by atoms with Crippen molar-refractivity contribution in [1.29, 1.82) is 0 Å². The van der Waals surface area contributed by atoms with E-state index >= 15 is 0 Å². The normalized spacial score (nSPS) is 15.7. The second-order valence-electron chi connectivity index (χ2n) is 5.25. The third-order valence-electron chi connectivity index (χ3n) is 3.56. The van der Waals surface area contributed by atoms with E-state index in [2.05, 4.69) is 9.98 Å². The van der Waals surface area contributed by atoms with Gasteiger partial charge in [0, 0.05) is 11.4 Å². The number of H-pyrrole nitrogens is 1. The van der Waals surface area contributed by atoms with Gasteiger partial charge in [-0.15, -0.1) is 0 Å². The van der Waals surface area contributed by atoms with E-state index in [1.807, 2.05) is 19.9 Å². The number of hydrogen-bond acceptors (Lipinski definition) is 4. The van der Waals surface area contributed by atoms with Crippen LogP contribution in [0.4, 0.5) is 0 Å². The second kappa shape index (κ2) is 5.57. The van der Waals surface area contributed by atoms with E-state index in [9.17, 15) is 14.7 Å². The molecular formula is C17H15N3O3. The van der Waals surface area contributed by atoms with Gasteiger partial charge in [-0.3, -0.25) is 14.8 Å². The topological polar surface area (TPSA) is 87.5 Å². The van der Waals surface area contributed by atoms with Crippen molar-refractivity contribution >= 4 is 11.8 Å². The van der Waals surface area contributed by atoms with Gasteiger partial charge in [0.05, 0.1) is 5.69 Å². The quantitative estimate of drug-likeness (QED) is 0.889. The van der Waals surface area contributed by atoms with E-state index in [0.29, 0.717) is 5.69 Å². The molecule has 0 spiro atoms. The van der Waals surface area contributed by atoms with Gasteiger partial charge in [-0.2, -0.15) is 0 Å². The first-order valence-corrected chi connectivity index (χ1v) is 7.07. The number of allylic oxidation sites excluding steroid dienone is 3. The van der Waals surface area contributed by atoms with Crippen LogP contribution in [0.2, 0.25) is 0 Å². The van der Waals surface area contributed by atoms with E-state index in [0.717, 1.165) is 21.5 Å². The maximum atomic E-state index is 12.1. The molecule has 6 nitrogen and oxygen atoms in total. The molecule has 2 N–H and O–H groups in total. The van der Waals surface area contributed by atoms with Crippen LogP contribution in [0.3, 0.4) is 0 Å². The minimum Gasteiger partial charge on any atom is -0.494 e. The SMILES string of the molecule is CC1=C/C(=C\c2c(O)n(-c3ccccc3)c(=O)[nH]c2=O)C(C)=N1. The molecule has 3 rings (SSSR count). The summed E-state index contributed by atoms with van der Waals surface area (Å²) in [6, 6.07) is 8.62. The lowest BCUT2D eigenvalue weighted by Gasteiger charge is -2.09. The van der Waals surface area contributed by atoms with Gasteiger partial charge in [0.2, 0.25) is 5.88 Å². The predicted molar refractivity (Wildman–Crippen MR) is 89.2 cm³/mol. The van der Waals surface area contributed by atoms with Crippen LogP contribution in [0.1, 0.15) is 19.4 Å². The largest absolute Gasteiger partial charge is 0.494 e. The molecule has 2 heterocycles. The van der Waals surface area contributed by atoms with Crippen molar-refractivity contribution < 1.29 is 5.11 Å². The van der Waals surface area contributed by atoms with Crippen LogP contribution < -0.4 is 11.2 Å². The van der Waals surface area contributed by atoms with Gasteiger partial charge in [0.25, 0.3) is 5.56 Å². The first-order valence-electron chi connectivity index (χ1n) is 7.07. The fourth-order valence-electron chi connectivity index (χ4n) is 2.48. The molecule has 0 fully saturated rings. The zero-order valence-corrected chi connectivity index (χ0v) is 12.7. The fourth-order valence-corrected chi connectivity index (χ4v) is 2.48. The molecule has 0 saturated carbocycles. The fraction of sp³-hybridized carbons (Fsp3) is 0.118. The first-order chi connectivity index (χ1) is 11.0. The van der Waals surface area contributed by atoms with E-state index < -0.39 is 17.1 Å². The van der Waals surface area contributed by atoms with Crippen LogP contribution in [-0.4, -0.2) is 20.4 Å². The summed E-state index contributed by atoms with van der Waals surface area (Å²) in [7, 11) is 0. The smallest absolute Gasteiger partial charge is 0.335 e. The Bertz CT molecular complexity index is 976. The van der Waals surface area contributed by atoms with Crippen molar-refractivity contribution in [2.24, 2.45) is 4.99 Å². The van der Waals surface area contributed by atoms with Gasteiger partial charge in [0.1, 0.15) is 5.56 Å². The van der Waals surface area contributed by atoms with E-state index in [4.69, 9.17) is 0 Å². The highest BCUT2D eigenvalue weighted by molar-refractivity contribution is 6.07. The minimum atomic E-state index is -0.690. The Morgan fingerprint density at radius 1 is 1.17 bits per heavy atom. The lowest BCUT2D eigenvalue weighted by atomic mass is 10.1. The molecule has 116 valence electrons. The molecular weight excluding hydrogens is 294 g/mol. The average molecular weight is 309 g/mol. The summed E-state index contributed by atoms with van der Waals surface area (Å²) in [6.45, 7) is 3.66. The summed E-state index contributed by atoms with van der Waals surface area (Å²) in [5, 5.41) is 10.5. The summed E-state index contributed by atoms with van der Waals surface area (Å²) >= 11 is 0. The predicted octanol–water partition coefficient (Wildman–Crippen LogP) is 1.99. The zero-order valence-electron chi connectivity index (χ0n) is 12.7. The Hall–Kier alpha value is -3.15. The first kappa shape index (κ1) is 14.8. The molecule has 6 heteroatoms. The van der Waals surface area contributed by atoms with Crippen molar-refractivity contribution in [3.63, 3.8) is 0 Å². The number of aromatic amines is 1. The number of rotatable bonds is 2. The lowest BCUT2D eigenvalue weighted by molar-refractivity contribution is 0.429. The summed E-state index contributed by atoms with van der Waals surface area (Å²) in [4.78, 5) is 30.6. The van der Waals surface area contributed by atoms with E-state index in [1.165, 1.54) is 6.08 Å². The molecule has 1 aliphatic heterocycles. The number of aliphatic imine (C=N–C) groups is 1. The van der Waals surface area contributed by atoms with Gasteiger partial charge in [0.15, 0.2) is 0 Å². The average Bonchev–Trinajstić information content (AvgIpc) is 2.82. The number of hydrogen-bond donors (Lipinski definition) is 2. The second-order valence-corrected chi connectivity index (χ2v) is 5.25. The molecule has 2 aromatic rings. The van der Waals surface area contributed by atoms with Gasteiger partial charge in [-0.05, 0) is 43.7 Å². The lowest BCUT2D eigenvalue weighted by Crippen LogP contribution is -2.30. The molecule has 0 bridgehead atoms. The standard InChI is InChI=1S/C17H15N3O3/c1-10-8-12(11(2)18-10)9-14-15(21)19-17(23)20(16(14)22)13-6-4-3-5-7-13/h3-9,22H,1-2H3,(H,19,21,23)/b12-9+.